The molecule has 3 N–H and O–H groups in total. The number of hydrogen-bond donors (Lipinski definition) is 3. The van der Waals surface area contributed by atoms with Crippen molar-refractivity contribution in [2.24, 2.45) is 5.92 Å². The highest BCUT2D eigenvalue weighted by atomic mass is 19.4. The van der Waals surface area contributed by atoms with Crippen LogP contribution in [0.3, 0.4) is 0 Å². The average Bonchev–Trinajstić information content (AvgIpc) is 3.25. The Morgan fingerprint density at radius 2 is 1.97 bits per heavy atom. The van der Waals surface area contributed by atoms with Crippen LogP contribution in [0.1, 0.15) is 6.42 Å². The second-order valence-electron chi connectivity index (χ2n) is 7.27. The minimum atomic E-state index is -4.83. The monoisotopic (exact) mass is 437 g/mol. The molecule has 0 amide bonds. The Morgan fingerprint density at radius 3 is 2.61 bits per heavy atom. The van der Waals surface area contributed by atoms with Gasteiger partial charge in [-0.3, -0.25) is 0 Å². The van der Waals surface area contributed by atoms with E-state index in [4.69, 9.17) is 4.74 Å². The van der Waals surface area contributed by atoms with E-state index in [1.54, 1.807) is 12.1 Å². The number of hydrogen-bond acceptors (Lipinski definition) is 7. The second-order valence-corrected chi connectivity index (χ2v) is 7.27. The lowest BCUT2D eigenvalue weighted by molar-refractivity contribution is -0.274. The lowest BCUT2D eigenvalue weighted by Crippen LogP contribution is -2.35. The van der Waals surface area contributed by atoms with Crippen LogP contribution >= 0.6 is 0 Å². The molecule has 11 heteroatoms. The number of ether oxygens (including phenoxy) is 2. The van der Waals surface area contributed by atoms with Gasteiger partial charge in [-0.15, -0.1) is 13.2 Å². The summed E-state index contributed by atoms with van der Waals surface area (Å²) in [7, 11) is 1.39. The van der Waals surface area contributed by atoms with Crippen molar-refractivity contribution in [2.45, 2.75) is 31.0 Å². The van der Waals surface area contributed by atoms with E-state index in [-0.39, 0.29) is 11.5 Å². The van der Waals surface area contributed by atoms with Crippen molar-refractivity contribution in [3.05, 3.63) is 43.5 Å². The molecule has 2 heterocycles. The third-order valence-corrected chi connectivity index (χ3v) is 5.17. The molecule has 2 aromatic heterocycles. The van der Waals surface area contributed by atoms with E-state index in [1.807, 2.05) is 0 Å². The van der Waals surface area contributed by atoms with Crippen LogP contribution < -0.4 is 14.8 Å². The number of aliphatic hydroxyl groups excluding tert-OH is 2. The summed E-state index contributed by atoms with van der Waals surface area (Å²) in [5.41, 5.74) is 1.02. The summed E-state index contributed by atoms with van der Waals surface area (Å²) in [5.74, 6) is 0.0693. The fourth-order valence-corrected chi connectivity index (χ4v) is 3.68. The van der Waals surface area contributed by atoms with Crippen LogP contribution in [0.15, 0.2) is 36.5 Å². The first-order chi connectivity index (χ1) is 14.7. The van der Waals surface area contributed by atoms with Crippen LogP contribution in [-0.4, -0.2) is 56.5 Å². The van der Waals surface area contributed by atoms with Gasteiger partial charge >= 0.3 is 6.36 Å². The lowest BCUT2D eigenvalue weighted by Gasteiger charge is -2.19. The number of anilines is 1. The van der Waals surface area contributed by atoms with Gasteiger partial charge in [-0.2, -0.15) is 9.61 Å². The smallest absolute Gasteiger partial charge is 0.496 e. The zero-order chi connectivity index (χ0) is 22.3. The van der Waals surface area contributed by atoms with Crippen molar-refractivity contribution in [3.63, 3.8) is 0 Å². The molecule has 2 unspecified atom stereocenters. The normalized spacial score (nSPS) is 23.8. The summed E-state index contributed by atoms with van der Waals surface area (Å²) in [6.45, 7) is 3.83. The van der Waals surface area contributed by atoms with E-state index in [0.717, 1.165) is 6.07 Å². The third kappa shape index (κ3) is 4.23. The van der Waals surface area contributed by atoms with E-state index in [9.17, 15) is 23.4 Å². The van der Waals surface area contributed by atoms with Gasteiger partial charge in [-0.1, -0.05) is 0 Å². The Balaban J connectivity index is 1.70. The summed E-state index contributed by atoms with van der Waals surface area (Å²) in [5, 5.41) is 27.8. The summed E-state index contributed by atoms with van der Waals surface area (Å²) in [6, 6.07) is 6.47. The molecule has 1 aliphatic carbocycles. The predicted molar refractivity (Wildman–Crippen MR) is 105 cm³/mol. The van der Waals surface area contributed by atoms with Crippen molar-refractivity contribution in [2.75, 3.05) is 12.4 Å². The summed E-state index contributed by atoms with van der Waals surface area (Å²) in [4.78, 5) is 4.23. The quantitative estimate of drug-likeness (QED) is 0.564. The first kappa shape index (κ1) is 21.2. The van der Waals surface area contributed by atoms with Crippen molar-refractivity contribution >= 4 is 11.5 Å². The van der Waals surface area contributed by atoms with Crippen molar-refractivity contribution < 1.29 is 32.9 Å². The first-order valence-corrected chi connectivity index (χ1v) is 9.41. The molecule has 31 heavy (non-hydrogen) atoms. The zero-order valence-corrected chi connectivity index (χ0v) is 16.4. The molecule has 8 nitrogen and oxygen atoms in total. The number of alkyl halides is 3. The molecule has 0 aliphatic heterocycles. The van der Waals surface area contributed by atoms with Crippen molar-refractivity contribution in [1.82, 2.24) is 14.6 Å². The molecule has 0 saturated heterocycles. The molecule has 1 saturated carbocycles. The Morgan fingerprint density at radius 1 is 1.19 bits per heavy atom. The van der Waals surface area contributed by atoms with Gasteiger partial charge in [0.2, 0.25) is 0 Å². The fourth-order valence-electron chi connectivity index (χ4n) is 3.68. The summed E-state index contributed by atoms with van der Waals surface area (Å²) in [6.07, 6.45) is -4.79. The molecule has 1 aliphatic rings. The third-order valence-electron chi connectivity index (χ3n) is 5.17. The van der Waals surface area contributed by atoms with E-state index in [1.165, 1.54) is 30.0 Å². The second kappa shape index (κ2) is 7.89. The number of aromatic nitrogens is 3. The number of nitrogens with zero attached hydrogens (tertiary/aromatic N) is 3. The highest BCUT2D eigenvalue weighted by molar-refractivity contribution is 5.72. The molecule has 1 fully saturated rings. The van der Waals surface area contributed by atoms with E-state index in [0.29, 0.717) is 29.3 Å². The maximum Gasteiger partial charge on any atom is 0.573 e. The summed E-state index contributed by atoms with van der Waals surface area (Å²) >= 11 is 0. The van der Waals surface area contributed by atoms with Gasteiger partial charge in [-0.25, -0.2) is 4.98 Å². The molecular weight excluding hydrogens is 417 g/mol. The van der Waals surface area contributed by atoms with E-state index < -0.39 is 30.4 Å². The van der Waals surface area contributed by atoms with Gasteiger partial charge in [0.05, 0.1) is 24.9 Å². The van der Waals surface area contributed by atoms with Gasteiger partial charge in [0.25, 0.3) is 0 Å². The predicted octanol–water partition coefficient (Wildman–Crippen LogP) is 2.66. The number of methoxy groups -OCH3 is 1. The van der Waals surface area contributed by atoms with Crippen molar-refractivity contribution in [1.29, 1.82) is 0 Å². The Hall–Kier alpha value is -3.05. The van der Waals surface area contributed by atoms with Gasteiger partial charge < -0.3 is 25.0 Å². The number of nitrogens with one attached hydrogen (secondary N) is 1. The minimum absolute atomic E-state index is 0.287. The summed E-state index contributed by atoms with van der Waals surface area (Å²) < 4.78 is 48.6. The number of rotatable bonds is 5. The molecule has 0 bridgehead atoms. The van der Waals surface area contributed by atoms with Crippen LogP contribution in [-0.2, 0) is 0 Å². The number of benzene rings is 1. The molecule has 3 aromatic rings. The van der Waals surface area contributed by atoms with Crippen LogP contribution in [0.2, 0.25) is 0 Å². The van der Waals surface area contributed by atoms with Crippen LogP contribution in [0.4, 0.5) is 19.0 Å². The number of halogens is 3. The molecule has 0 spiro atoms. The molecule has 165 valence electrons. The fraction of sp³-hybridized carbons (Fsp3) is 0.350. The highest BCUT2D eigenvalue weighted by Gasteiger charge is 2.39. The largest absolute Gasteiger partial charge is 0.573 e. The standard InChI is InChI=1S/C20H20F3N4O4/c1-10-7-14(19(29)18(10)28)25-16-5-6-24-17-9-13(26-27(16)17)12-8-11(31-20(21,22)23)3-4-15(12)30-2/h3-6,8-10,14,18-19,25,28-29H,1,7H2,2H3/t10-,14-,18?,19?/m1/s1. The Labute approximate surface area is 175 Å². The molecule has 4 atom stereocenters. The zero-order valence-electron chi connectivity index (χ0n) is 16.4. The van der Waals surface area contributed by atoms with Crippen molar-refractivity contribution in [3.8, 4) is 22.8 Å². The highest BCUT2D eigenvalue weighted by Crippen LogP contribution is 2.35. The SMILES string of the molecule is [CH2][C@@H]1C[C@@H](Nc2ccnc3cc(-c4cc(OC(F)(F)F)ccc4OC)nn23)C(O)C1O. The molecule has 1 radical (unpaired) electrons. The van der Waals surface area contributed by atoms with Crippen LogP contribution in [0.5, 0.6) is 11.5 Å². The number of aliphatic hydroxyl groups is 2. The van der Waals surface area contributed by atoms with E-state index in [2.05, 4.69) is 27.1 Å². The van der Waals surface area contributed by atoms with Gasteiger partial charge in [-0.05, 0) is 43.5 Å². The maximum absolute atomic E-state index is 12.6. The molecule has 1 aromatic carbocycles. The average molecular weight is 437 g/mol. The first-order valence-electron chi connectivity index (χ1n) is 9.41. The maximum atomic E-state index is 12.6. The minimum Gasteiger partial charge on any atom is -0.496 e. The number of fused-ring (bicyclic) bond motifs is 1. The van der Waals surface area contributed by atoms with Gasteiger partial charge in [0.1, 0.15) is 23.4 Å². The lowest BCUT2D eigenvalue weighted by atomic mass is 10.1. The Kier molecular flexibility index (Phi) is 5.40. The van der Waals surface area contributed by atoms with E-state index >= 15 is 0 Å². The van der Waals surface area contributed by atoms with Crippen LogP contribution in [0.25, 0.3) is 16.9 Å². The molecule has 4 rings (SSSR count). The molecular formula is C20H20F3N4O4. The Bertz CT molecular complexity index is 1090. The van der Waals surface area contributed by atoms with Gasteiger partial charge in [0, 0.05) is 17.8 Å². The van der Waals surface area contributed by atoms with Crippen LogP contribution in [0, 0.1) is 12.8 Å². The topological polar surface area (TPSA) is 101 Å². The van der Waals surface area contributed by atoms with Gasteiger partial charge in [0.15, 0.2) is 5.65 Å².